The standard InChI is InChI=1S/C16H34N2/c1-13(2)9-15(4)11-18(5)16(12-17)8-6-7-14(3)10-16/h13-15H,6-12,17H2,1-5H3. The quantitative estimate of drug-likeness (QED) is 0.786. The Labute approximate surface area is 114 Å². The van der Waals surface area contributed by atoms with Gasteiger partial charge in [-0.15, -0.1) is 0 Å². The molecule has 0 amide bonds. The lowest BCUT2D eigenvalue weighted by Gasteiger charge is -2.47. The predicted molar refractivity (Wildman–Crippen MR) is 80.7 cm³/mol. The fraction of sp³-hybridized carbons (Fsp3) is 1.00. The van der Waals surface area contributed by atoms with Crippen molar-refractivity contribution in [3.05, 3.63) is 0 Å². The predicted octanol–water partition coefficient (Wildman–Crippen LogP) is 3.51. The van der Waals surface area contributed by atoms with Crippen LogP contribution in [0.25, 0.3) is 0 Å². The number of rotatable bonds is 6. The Morgan fingerprint density at radius 3 is 2.50 bits per heavy atom. The van der Waals surface area contributed by atoms with Crippen LogP contribution < -0.4 is 5.73 Å². The van der Waals surface area contributed by atoms with Crippen molar-refractivity contribution in [2.45, 2.75) is 65.3 Å². The lowest BCUT2D eigenvalue weighted by Crippen LogP contribution is -2.55. The number of hydrogen-bond acceptors (Lipinski definition) is 2. The lowest BCUT2D eigenvalue weighted by molar-refractivity contribution is 0.0484. The van der Waals surface area contributed by atoms with Gasteiger partial charge in [0, 0.05) is 18.6 Å². The van der Waals surface area contributed by atoms with Crippen LogP contribution in [0.5, 0.6) is 0 Å². The second-order valence-electron chi connectivity index (χ2n) is 7.25. The molecule has 0 aliphatic heterocycles. The summed E-state index contributed by atoms with van der Waals surface area (Å²) in [6.45, 7) is 11.4. The molecular formula is C16H34N2. The Balaban J connectivity index is 2.58. The third-order valence-electron chi connectivity index (χ3n) is 4.72. The minimum absolute atomic E-state index is 0.281. The molecule has 0 saturated heterocycles. The lowest BCUT2D eigenvalue weighted by atomic mass is 9.75. The zero-order valence-electron chi connectivity index (χ0n) is 13.2. The molecule has 2 nitrogen and oxygen atoms in total. The van der Waals surface area contributed by atoms with Gasteiger partial charge < -0.3 is 5.73 Å². The Morgan fingerprint density at radius 2 is 2.00 bits per heavy atom. The van der Waals surface area contributed by atoms with Crippen molar-refractivity contribution < 1.29 is 0 Å². The average Bonchev–Trinajstić information content (AvgIpc) is 2.27. The maximum atomic E-state index is 6.14. The molecule has 1 aliphatic rings. The van der Waals surface area contributed by atoms with Crippen molar-refractivity contribution in [3.8, 4) is 0 Å². The van der Waals surface area contributed by atoms with Crippen molar-refractivity contribution in [3.63, 3.8) is 0 Å². The number of nitrogens with zero attached hydrogens (tertiary/aromatic N) is 1. The van der Waals surface area contributed by atoms with Crippen molar-refractivity contribution in [1.82, 2.24) is 4.90 Å². The van der Waals surface area contributed by atoms with E-state index < -0.39 is 0 Å². The van der Waals surface area contributed by atoms with Gasteiger partial charge >= 0.3 is 0 Å². The molecule has 0 spiro atoms. The van der Waals surface area contributed by atoms with E-state index in [4.69, 9.17) is 5.73 Å². The minimum Gasteiger partial charge on any atom is -0.329 e. The first-order valence-corrected chi connectivity index (χ1v) is 7.81. The molecule has 0 aromatic carbocycles. The zero-order valence-corrected chi connectivity index (χ0v) is 13.2. The summed E-state index contributed by atoms with van der Waals surface area (Å²) in [5, 5.41) is 0. The molecule has 1 rings (SSSR count). The first-order valence-electron chi connectivity index (χ1n) is 7.81. The van der Waals surface area contributed by atoms with Crippen LogP contribution in [0.15, 0.2) is 0 Å². The monoisotopic (exact) mass is 254 g/mol. The van der Waals surface area contributed by atoms with Gasteiger partial charge in [-0.2, -0.15) is 0 Å². The van der Waals surface area contributed by atoms with Gasteiger partial charge in [0.25, 0.3) is 0 Å². The fourth-order valence-electron chi connectivity index (χ4n) is 3.86. The highest BCUT2D eigenvalue weighted by atomic mass is 15.2. The number of nitrogens with two attached hydrogens (primary N) is 1. The summed E-state index contributed by atoms with van der Waals surface area (Å²) in [7, 11) is 2.29. The topological polar surface area (TPSA) is 29.3 Å². The molecule has 1 saturated carbocycles. The van der Waals surface area contributed by atoms with Gasteiger partial charge in [-0.25, -0.2) is 0 Å². The van der Waals surface area contributed by atoms with Crippen LogP contribution in [-0.4, -0.2) is 30.6 Å². The highest BCUT2D eigenvalue weighted by Gasteiger charge is 2.37. The van der Waals surface area contributed by atoms with E-state index >= 15 is 0 Å². The molecule has 2 N–H and O–H groups in total. The zero-order chi connectivity index (χ0) is 13.8. The average molecular weight is 254 g/mol. The third-order valence-corrected chi connectivity index (χ3v) is 4.72. The molecule has 2 heteroatoms. The molecule has 108 valence electrons. The van der Waals surface area contributed by atoms with Gasteiger partial charge in [-0.05, 0) is 44.1 Å². The summed E-state index contributed by atoms with van der Waals surface area (Å²) in [5.74, 6) is 2.41. The van der Waals surface area contributed by atoms with E-state index in [1.807, 2.05) is 0 Å². The van der Waals surface area contributed by atoms with E-state index in [1.165, 1.54) is 38.6 Å². The Bertz CT molecular complexity index is 239. The second-order valence-corrected chi connectivity index (χ2v) is 7.25. The molecule has 0 aromatic rings. The Hall–Kier alpha value is -0.0800. The largest absolute Gasteiger partial charge is 0.329 e. The van der Waals surface area contributed by atoms with Crippen molar-refractivity contribution >= 4 is 0 Å². The summed E-state index contributed by atoms with van der Waals surface area (Å²) < 4.78 is 0. The fourth-order valence-corrected chi connectivity index (χ4v) is 3.86. The molecule has 1 fully saturated rings. The number of hydrogen-bond donors (Lipinski definition) is 1. The Kier molecular flexibility index (Phi) is 6.13. The molecule has 18 heavy (non-hydrogen) atoms. The molecule has 3 unspecified atom stereocenters. The van der Waals surface area contributed by atoms with E-state index in [9.17, 15) is 0 Å². The normalized spacial score (nSPS) is 31.0. The summed E-state index contributed by atoms with van der Waals surface area (Å²) in [5.41, 5.74) is 6.42. The van der Waals surface area contributed by atoms with Gasteiger partial charge in [-0.3, -0.25) is 4.90 Å². The van der Waals surface area contributed by atoms with Gasteiger partial charge in [0.1, 0.15) is 0 Å². The van der Waals surface area contributed by atoms with Crippen LogP contribution in [-0.2, 0) is 0 Å². The molecule has 0 radical (unpaired) electrons. The summed E-state index contributed by atoms with van der Waals surface area (Å²) in [6.07, 6.45) is 6.63. The van der Waals surface area contributed by atoms with Gasteiger partial charge in [0.05, 0.1) is 0 Å². The van der Waals surface area contributed by atoms with Crippen LogP contribution in [0.4, 0.5) is 0 Å². The maximum Gasteiger partial charge on any atom is 0.0331 e. The van der Waals surface area contributed by atoms with Crippen LogP contribution in [0, 0.1) is 17.8 Å². The SMILES string of the molecule is CC(C)CC(C)CN(C)C1(CN)CCCC(C)C1. The highest BCUT2D eigenvalue weighted by molar-refractivity contribution is 4.95. The minimum atomic E-state index is 0.281. The van der Waals surface area contributed by atoms with E-state index in [0.717, 1.165) is 24.3 Å². The summed E-state index contributed by atoms with van der Waals surface area (Å²) in [4.78, 5) is 2.58. The maximum absolute atomic E-state index is 6.14. The van der Waals surface area contributed by atoms with Gasteiger partial charge in [0.15, 0.2) is 0 Å². The summed E-state index contributed by atoms with van der Waals surface area (Å²) in [6, 6.07) is 0. The highest BCUT2D eigenvalue weighted by Crippen LogP contribution is 2.36. The van der Waals surface area contributed by atoms with Crippen LogP contribution in [0.1, 0.15) is 59.8 Å². The first kappa shape index (κ1) is 16.0. The van der Waals surface area contributed by atoms with Crippen molar-refractivity contribution in [2.24, 2.45) is 23.5 Å². The Morgan fingerprint density at radius 1 is 1.33 bits per heavy atom. The molecule has 3 atom stereocenters. The summed E-state index contributed by atoms with van der Waals surface area (Å²) >= 11 is 0. The third kappa shape index (κ3) is 4.24. The number of likely N-dealkylation sites (N-methyl/N-ethyl adjacent to an activating group) is 1. The van der Waals surface area contributed by atoms with E-state index in [-0.39, 0.29) is 5.54 Å². The van der Waals surface area contributed by atoms with Crippen LogP contribution in [0.3, 0.4) is 0 Å². The van der Waals surface area contributed by atoms with Crippen LogP contribution >= 0.6 is 0 Å². The molecule has 0 heterocycles. The molecular weight excluding hydrogens is 220 g/mol. The van der Waals surface area contributed by atoms with E-state index in [2.05, 4.69) is 39.6 Å². The van der Waals surface area contributed by atoms with Crippen LogP contribution in [0.2, 0.25) is 0 Å². The molecule has 0 aromatic heterocycles. The van der Waals surface area contributed by atoms with E-state index in [0.29, 0.717) is 0 Å². The molecule has 1 aliphatic carbocycles. The van der Waals surface area contributed by atoms with Crippen molar-refractivity contribution in [1.29, 1.82) is 0 Å². The molecule has 0 bridgehead atoms. The smallest absolute Gasteiger partial charge is 0.0331 e. The second kappa shape index (κ2) is 6.91. The van der Waals surface area contributed by atoms with E-state index in [1.54, 1.807) is 0 Å². The van der Waals surface area contributed by atoms with Gasteiger partial charge in [-0.1, -0.05) is 40.5 Å². The van der Waals surface area contributed by atoms with Crippen molar-refractivity contribution in [2.75, 3.05) is 20.1 Å². The first-order chi connectivity index (χ1) is 8.39. The van der Waals surface area contributed by atoms with Gasteiger partial charge in [0.2, 0.25) is 0 Å².